The maximum atomic E-state index is 11.9. The lowest BCUT2D eigenvalue weighted by Gasteiger charge is -2.14. The van der Waals surface area contributed by atoms with Crippen molar-refractivity contribution in [2.24, 2.45) is 5.92 Å². The molecule has 1 fully saturated rings. The minimum absolute atomic E-state index is 0.0489. The second kappa shape index (κ2) is 6.45. The van der Waals surface area contributed by atoms with Crippen LogP contribution >= 0.6 is 11.3 Å². The third kappa shape index (κ3) is 3.75. The first-order valence-electron chi connectivity index (χ1n) is 6.61. The molecule has 0 radical (unpaired) electrons. The zero-order valence-electron chi connectivity index (χ0n) is 11.3. The van der Waals surface area contributed by atoms with Gasteiger partial charge in [-0.2, -0.15) is 0 Å². The Kier molecular flexibility index (Phi) is 4.90. The van der Waals surface area contributed by atoms with Gasteiger partial charge in [-0.25, -0.2) is 4.98 Å². The standard InChI is InChI=1S/C13H20N2O3S/c1-8(2)10(16)6-14-12(17)9-7-19-13(15-9)11-4-3-5-18-11/h7-8,10-11,16H,3-6H2,1-2H3,(H,14,17). The lowest BCUT2D eigenvalue weighted by molar-refractivity contribution is 0.0865. The maximum absolute atomic E-state index is 11.9. The first kappa shape index (κ1) is 14.4. The zero-order chi connectivity index (χ0) is 13.8. The van der Waals surface area contributed by atoms with E-state index in [9.17, 15) is 9.90 Å². The Balaban J connectivity index is 1.89. The molecule has 1 aliphatic heterocycles. The average molecular weight is 284 g/mol. The molecule has 0 aliphatic carbocycles. The van der Waals surface area contributed by atoms with Crippen molar-refractivity contribution in [2.75, 3.05) is 13.2 Å². The van der Waals surface area contributed by atoms with E-state index in [2.05, 4.69) is 10.3 Å². The molecule has 2 N–H and O–H groups in total. The minimum Gasteiger partial charge on any atom is -0.391 e. The van der Waals surface area contributed by atoms with Crippen molar-refractivity contribution in [1.29, 1.82) is 0 Å². The molecular formula is C13H20N2O3S. The molecule has 2 heterocycles. The van der Waals surface area contributed by atoms with E-state index in [0.29, 0.717) is 5.69 Å². The van der Waals surface area contributed by atoms with Gasteiger partial charge in [-0.15, -0.1) is 11.3 Å². The Bertz CT molecular complexity index is 427. The predicted octanol–water partition coefficient (Wildman–Crippen LogP) is 1.74. The number of carbonyl (C=O) groups is 1. The van der Waals surface area contributed by atoms with E-state index in [1.54, 1.807) is 5.38 Å². The van der Waals surface area contributed by atoms with Crippen LogP contribution in [0.25, 0.3) is 0 Å². The number of amides is 1. The van der Waals surface area contributed by atoms with Gasteiger partial charge in [0.2, 0.25) is 0 Å². The van der Waals surface area contributed by atoms with E-state index in [1.807, 2.05) is 13.8 Å². The summed E-state index contributed by atoms with van der Waals surface area (Å²) in [5.41, 5.74) is 0.409. The van der Waals surface area contributed by atoms with E-state index in [0.717, 1.165) is 24.5 Å². The van der Waals surface area contributed by atoms with Crippen LogP contribution in [0, 0.1) is 5.92 Å². The summed E-state index contributed by atoms with van der Waals surface area (Å²) in [6.45, 7) is 4.85. The number of ether oxygens (including phenoxy) is 1. The number of thiazole rings is 1. The van der Waals surface area contributed by atoms with Crippen LogP contribution in [0.4, 0.5) is 0 Å². The summed E-state index contributed by atoms with van der Waals surface area (Å²) in [5, 5.41) is 15.0. The van der Waals surface area contributed by atoms with Crippen LogP contribution in [0.1, 0.15) is 48.3 Å². The molecule has 2 atom stereocenters. The Hall–Kier alpha value is -0.980. The van der Waals surface area contributed by atoms with Crippen molar-refractivity contribution in [3.63, 3.8) is 0 Å². The largest absolute Gasteiger partial charge is 0.391 e. The van der Waals surface area contributed by atoms with Gasteiger partial charge in [0.1, 0.15) is 16.8 Å². The Morgan fingerprint density at radius 3 is 3.11 bits per heavy atom. The van der Waals surface area contributed by atoms with E-state index >= 15 is 0 Å². The summed E-state index contributed by atoms with van der Waals surface area (Å²) in [6.07, 6.45) is 1.54. The molecule has 0 aromatic carbocycles. The van der Waals surface area contributed by atoms with Crippen molar-refractivity contribution < 1.29 is 14.6 Å². The van der Waals surface area contributed by atoms with Crippen LogP contribution in [0.5, 0.6) is 0 Å². The van der Waals surface area contributed by atoms with Crippen molar-refractivity contribution in [1.82, 2.24) is 10.3 Å². The number of carbonyl (C=O) groups excluding carboxylic acids is 1. The Morgan fingerprint density at radius 2 is 2.47 bits per heavy atom. The molecule has 0 saturated carbocycles. The molecule has 0 spiro atoms. The van der Waals surface area contributed by atoms with Gasteiger partial charge in [-0.1, -0.05) is 13.8 Å². The fourth-order valence-electron chi connectivity index (χ4n) is 1.84. The van der Waals surface area contributed by atoms with E-state index < -0.39 is 6.10 Å². The smallest absolute Gasteiger partial charge is 0.270 e. The van der Waals surface area contributed by atoms with Crippen molar-refractivity contribution in [2.45, 2.75) is 38.9 Å². The summed E-state index contributed by atoms with van der Waals surface area (Å²) >= 11 is 1.46. The SMILES string of the molecule is CC(C)C(O)CNC(=O)c1csc(C2CCCO2)n1. The number of nitrogens with one attached hydrogen (secondary N) is 1. The molecule has 2 unspecified atom stereocenters. The third-order valence-corrected chi connectivity index (χ3v) is 4.14. The highest BCUT2D eigenvalue weighted by Gasteiger charge is 2.22. The maximum Gasteiger partial charge on any atom is 0.270 e. The highest BCUT2D eigenvalue weighted by atomic mass is 32.1. The van der Waals surface area contributed by atoms with E-state index in [1.165, 1.54) is 11.3 Å². The monoisotopic (exact) mass is 284 g/mol. The summed E-state index contributed by atoms with van der Waals surface area (Å²) in [7, 11) is 0. The molecular weight excluding hydrogens is 264 g/mol. The highest BCUT2D eigenvalue weighted by molar-refractivity contribution is 7.09. The molecule has 6 heteroatoms. The molecule has 0 bridgehead atoms. The average Bonchev–Trinajstić information content (AvgIpc) is 3.04. The third-order valence-electron chi connectivity index (χ3n) is 3.20. The normalized spacial score (nSPS) is 20.7. The van der Waals surface area contributed by atoms with Gasteiger partial charge < -0.3 is 15.2 Å². The second-order valence-corrected chi connectivity index (χ2v) is 5.98. The predicted molar refractivity (Wildman–Crippen MR) is 73.2 cm³/mol. The summed E-state index contributed by atoms with van der Waals surface area (Å²) in [5.74, 6) is -0.113. The second-order valence-electron chi connectivity index (χ2n) is 5.09. The number of aromatic nitrogens is 1. The van der Waals surface area contributed by atoms with Gasteiger partial charge >= 0.3 is 0 Å². The zero-order valence-corrected chi connectivity index (χ0v) is 12.1. The number of rotatable bonds is 5. The van der Waals surface area contributed by atoms with Crippen molar-refractivity contribution in [3.8, 4) is 0 Å². The van der Waals surface area contributed by atoms with Gasteiger partial charge in [-0.3, -0.25) is 4.79 Å². The van der Waals surface area contributed by atoms with Gasteiger partial charge in [0.05, 0.1) is 6.10 Å². The van der Waals surface area contributed by atoms with Crippen LogP contribution in [0.3, 0.4) is 0 Å². The minimum atomic E-state index is -0.528. The first-order valence-corrected chi connectivity index (χ1v) is 7.49. The molecule has 1 aromatic heterocycles. The topological polar surface area (TPSA) is 71.5 Å². The number of aliphatic hydroxyl groups excluding tert-OH is 1. The number of hydrogen-bond donors (Lipinski definition) is 2. The van der Waals surface area contributed by atoms with Gasteiger partial charge in [-0.05, 0) is 18.8 Å². The van der Waals surface area contributed by atoms with Crippen LogP contribution in [-0.4, -0.2) is 35.3 Å². The van der Waals surface area contributed by atoms with Gasteiger partial charge in [0.15, 0.2) is 0 Å². The van der Waals surface area contributed by atoms with Crippen LogP contribution in [0.15, 0.2) is 5.38 Å². The highest BCUT2D eigenvalue weighted by Crippen LogP contribution is 2.30. The molecule has 1 aliphatic rings. The van der Waals surface area contributed by atoms with E-state index in [4.69, 9.17) is 4.74 Å². The van der Waals surface area contributed by atoms with Crippen LogP contribution in [0.2, 0.25) is 0 Å². The number of aliphatic hydroxyl groups is 1. The van der Waals surface area contributed by atoms with Gasteiger partial charge in [0.25, 0.3) is 5.91 Å². The van der Waals surface area contributed by atoms with Gasteiger partial charge in [0, 0.05) is 18.5 Å². The molecule has 2 rings (SSSR count). The quantitative estimate of drug-likeness (QED) is 0.864. The van der Waals surface area contributed by atoms with E-state index in [-0.39, 0.29) is 24.5 Å². The Labute approximate surface area is 117 Å². The summed E-state index contributed by atoms with van der Waals surface area (Å²) < 4.78 is 5.54. The fraction of sp³-hybridized carbons (Fsp3) is 0.692. The molecule has 1 aromatic rings. The fourth-order valence-corrected chi connectivity index (χ4v) is 2.72. The number of hydrogen-bond acceptors (Lipinski definition) is 5. The molecule has 19 heavy (non-hydrogen) atoms. The van der Waals surface area contributed by atoms with Crippen molar-refractivity contribution >= 4 is 17.2 Å². The van der Waals surface area contributed by atoms with Crippen molar-refractivity contribution in [3.05, 3.63) is 16.1 Å². The lowest BCUT2D eigenvalue weighted by atomic mass is 10.1. The summed E-state index contributed by atoms with van der Waals surface area (Å²) in [6, 6.07) is 0. The Morgan fingerprint density at radius 1 is 1.68 bits per heavy atom. The molecule has 1 amide bonds. The number of nitrogens with zero attached hydrogens (tertiary/aromatic N) is 1. The molecule has 5 nitrogen and oxygen atoms in total. The van der Waals surface area contributed by atoms with Crippen LogP contribution in [-0.2, 0) is 4.74 Å². The van der Waals surface area contributed by atoms with Crippen LogP contribution < -0.4 is 5.32 Å². The molecule has 106 valence electrons. The first-order chi connectivity index (χ1) is 9.08. The molecule has 1 saturated heterocycles. The lowest BCUT2D eigenvalue weighted by Crippen LogP contribution is -2.34. The summed E-state index contributed by atoms with van der Waals surface area (Å²) in [4.78, 5) is 16.2.